The molecule has 1 aliphatic rings. The molecule has 0 saturated carbocycles. The number of benzene rings is 1. The van der Waals surface area contributed by atoms with E-state index in [1.807, 2.05) is 24.3 Å². The zero-order valence-corrected chi connectivity index (χ0v) is 15.1. The molecule has 0 atom stereocenters. The lowest BCUT2D eigenvalue weighted by molar-refractivity contribution is -0.137. The molecule has 0 aliphatic carbocycles. The van der Waals surface area contributed by atoms with Crippen molar-refractivity contribution in [2.24, 2.45) is 0 Å². The molecule has 1 saturated heterocycles. The lowest BCUT2D eigenvalue weighted by Crippen LogP contribution is -2.48. The van der Waals surface area contributed by atoms with Gasteiger partial charge in [0.05, 0.1) is 13.0 Å². The van der Waals surface area contributed by atoms with Gasteiger partial charge in [0, 0.05) is 43.9 Å². The van der Waals surface area contributed by atoms with Gasteiger partial charge in [0.2, 0.25) is 0 Å². The second-order valence-electron chi connectivity index (χ2n) is 6.28. The number of rotatable bonds is 6. The van der Waals surface area contributed by atoms with Crippen molar-refractivity contribution in [2.45, 2.75) is 19.5 Å². The summed E-state index contributed by atoms with van der Waals surface area (Å²) in [5.74, 6) is -1.01. The topological polar surface area (TPSA) is 78.7 Å². The minimum absolute atomic E-state index is 0.0601. The third-order valence-corrected chi connectivity index (χ3v) is 4.66. The smallest absolute Gasteiger partial charge is 0.305 e. The molecule has 26 heavy (non-hydrogen) atoms. The molecule has 1 aromatic heterocycles. The zero-order chi connectivity index (χ0) is 18.5. The Morgan fingerprint density at radius 2 is 1.92 bits per heavy atom. The molecule has 1 N–H and O–H groups in total. The van der Waals surface area contributed by atoms with E-state index >= 15 is 0 Å². The van der Waals surface area contributed by atoms with Gasteiger partial charge in [-0.1, -0.05) is 23.7 Å². The average Bonchev–Trinajstić information content (AvgIpc) is 3.08. The van der Waals surface area contributed by atoms with E-state index in [4.69, 9.17) is 16.7 Å². The molecule has 1 aliphatic heterocycles. The molecule has 138 valence electrons. The molecule has 2 aromatic rings. The third-order valence-electron chi connectivity index (χ3n) is 4.43. The molecular formula is C18H21ClN4O3. The maximum absolute atomic E-state index is 12.7. The van der Waals surface area contributed by atoms with E-state index in [9.17, 15) is 9.59 Å². The van der Waals surface area contributed by atoms with E-state index < -0.39 is 5.97 Å². The Bertz CT molecular complexity index is 784. The molecule has 0 spiro atoms. The summed E-state index contributed by atoms with van der Waals surface area (Å²) in [6.45, 7) is 3.81. The number of piperazine rings is 1. The fourth-order valence-electron chi connectivity index (χ4n) is 3.06. The summed E-state index contributed by atoms with van der Waals surface area (Å²) in [6.07, 6.45) is 1.47. The highest BCUT2D eigenvalue weighted by Gasteiger charge is 2.24. The highest BCUT2D eigenvalue weighted by atomic mass is 35.5. The molecule has 1 fully saturated rings. The number of aryl methyl sites for hydroxylation is 1. The van der Waals surface area contributed by atoms with Crippen molar-refractivity contribution in [3.8, 4) is 0 Å². The second kappa shape index (κ2) is 8.33. The molecule has 0 unspecified atom stereocenters. The molecule has 1 aromatic carbocycles. The number of hydrogen-bond donors (Lipinski definition) is 1. The van der Waals surface area contributed by atoms with E-state index in [0.29, 0.717) is 18.8 Å². The fourth-order valence-corrected chi connectivity index (χ4v) is 3.27. The number of amides is 1. The summed E-state index contributed by atoms with van der Waals surface area (Å²) >= 11 is 6.03. The standard InChI is InChI=1S/C18H21ClN4O3/c19-15-3-1-2-14(12-15)13-21-8-10-22(11-9-21)18(26)16-4-6-20-23(16)7-5-17(24)25/h1-4,6,12H,5,7-11,13H2,(H,24,25). The van der Waals surface area contributed by atoms with Crippen LogP contribution in [-0.4, -0.2) is 62.7 Å². The van der Waals surface area contributed by atoms with Crippen LogP contribution in [0.25, 0.3) is 0 Å². The van der Waals surface area contributed by atoms with Gasteiger partial charge in [-0.15, -0.1) is 0 Å². The van der Waals surface area contributed by atoms with E-state index in [2.05, 4.69) is 10.00 Å². The zero-order valence-electron chi connectivity index (χ0n) is 14.3. The van der Waals surface area contributed by atoms with Gasteiger partial charge in [-0.2, -0.15) is 5.10 Å². The predicted molar refractivity (Wildman–Crippen MR) is 97.1 cm³/mol. The highest BCUT2D eigenvalue weighted by molar-refractivity contribution is 6.30. The lowest BCUT2D eigenvalue weighted by Gasteiger charge is -2.34. The number of hydrogen-bond acceptors (Lipinski definition) is 4. The first-order valence-electron chi connectivity index (χ1n) is 8.52. The van der Waals surface area contributed by atoms with Gasteiger partial charge in [0.1, 0.15) is 5.69 Å². The Balaban J connectivity index is 1.55. The average molecular weight is 377 g/mol. The molecule has 2 heterocycles. The van der Waals surface area contributed by atoms with E-state index in [1.165, 1.54) is 10.9 Å². The Hall–Kier alpha value is -2.38. The van der Waals surface area contributed by atoms with Crippen molar-refractivity contribution < 1.29 is 14.7 Å². The minimum Gasteiger partial charge on any atom is -0.481 e. The van der Waals surface area contributed by atoms with Crippen LogP contribution in [-0.2, 0) is 17.9 Å². The monoisotopic (exact) mass is 376 g/mol. The predicted octanol–water partition coefficient (Wildman–Crippen LogP) is 1.97. The molecule has 7 nitrogen and oxygen atoms in total. The number of carbonyl (C=O) groups excluding carboxylic acids is 1. The van der Waals surface area contributed by atoms with Gasteiger partial charge in [-0.3, -0.25) is 19.2 Å². The quantitative estimate of drug-likeness (QED) is 0.833. The van der Waals surface area contributed by atoms with Crippen molar-refractivity contribution in [3.05, 3.63) is 52.8 Å². The van der Waals surface area contributed by atoms with Crippen LogP contribution >= 0.6 is 11.6 Å². The van der Waals surface area contributed by atoms with Gasteiger partial charge >= 0.3 is 5.97 Å². The molecule has 8 heteroatoms. The van der Waals surface area contributed by atoms with Crippen LogP contribution in [0.3, 0.4) is 0 Å². The Morgan fingerprint density at radius 1 is 1.15 bits per heavy atom. The van der Waals surface area contributed by atoms with Crippen molar-refractivity contribution in [1.82, 2.24) is 19.6 Å². The summed E-state index contributed by atoms with van der Waals surface area (Å²) in [7, 11) is 0. The number of aromatic nitrogens is 2. The number of nitrogens with zero attached hydrogens (tertiary/aromatic N) is 4. The maximum Gasteiger partial charge on any atom is 0.305 e. The Kier molecular flexibility index (Phi) is 5.90. The molecule has 1 amide bonds. The molecule has 0 radical (unpaired) electrons. The number of carboxylic acid groups (broad SMARTS) is 1. The maximum atomic E-state index is 12.7. The fraction of sp³-hybridized carbons (Fsp3) is 0.389. The normalized spacial score (nSPS) is 15.2. The van der Waals surface area contributed by atoms with Gasteiger partial charge in [-0.25, -0.2) is 0 Å². The molecule has 0 bridgehead atoms. The van der Waals surface area contributed by atoms with E-state index in [-0.39, 0.29) is 18.9 Å². The van der Waals surface area contributed by atoms with Crippen molar-refractivity contribution in [3.63, 3.8) is 0 Å². The Morgan fingerprint density at radius 3 is 2.62 bits per heavy atom. The largest absolute Gasteiger partial charge is 0.481 e. The number of carbonyl (C=O) groups is 2. The minimum atomic E-state index is -0.909. The first-order valence-corrected chi connectivity index (χ1v) is 8.90. The summed E-state index contributed by atoms with van der Waals surface area (Å²) in [6, 6.07) is 9.44. The summed E-state index contributed by atoms with van der Waals surface area (Å²) in [4.78, 5) is 27.5. The molecule has 3 rings (SSSR count). The van der Waals surface area contributed by atoms with Crippen LogP contribution in [0.5, 0.6) is 0 Å². The van der Waals surface area contributed by atoms with Crippen molar-refractivity contribution >= 4 is 23.5 Å². The van der Waals surface area contributed by atoms with Crippen LogP contribution in [0.15, 0.2) is 36.5 Å². The lowest BCUT2D eigenvalue weighted by atomic mass is 10.2. The van der Waals surface area contributed by atoms with Gasteiger partial charge in [0.15, 0.2) is 0 Å². The number of aliphatic carboxylic acids is 1. The SMILES string of the molecule is O=C(O)CCn1nccc1C(=O)N1CCN(Cc2cccc(Cl)c2)CC1. The number of carboxylic acids is 1. The van der Waals surface area contributed by atoms with Crippen molar-refractivity contribution in [1.29, 1.82) is 0 Å². The van der Waals surface area contributed by atoms with Crippen LogP contribution < -0.4 is 0 Å². The van der Waals surface area contributed by atoms with Crippen LogP contribution in [0.1, 0.15) is 22.5 Å². The van der Waals surface area contributed by atoms with Crippen LogP contribution in [0.4, 0.5) is 0 Å². The summed E-state index contributed by atoms with van der Waals surface area (Å²) in [5, 5.41) is 13.6. The summed E-state index contributed by atoms with van der Waals surface area (Å²) in [5.41, 5.74) is 1.60. The van der Waals surface area contributed by atoms with Crippen LogP contribution in [0, 0.1) is 0 Å². The first-order chi connectivity index (χ1) is 12.5. The Labute approximate surface area is 156 Å². The van der Waals surface area contributed by atoms with E-state index in [0.717, 1.165) is 30.2 Å². The van der Waals surface area contributed by atoms with Crippen LogP contribution in [0.2, 0.25) is 5.02 Å². The molecular weight excluding hydrogens is 356 g/mol. The summed E-state index contributed by atoms with van der Waals surface area (Å²) < 4.78 is 1.47. The number of halogens is 1. The van der Waals surface area contributed by atoms with E-state index in [1.54, 1.807) is 11.0 Å². The van der Waals surface area contributed by atoms with Gasteiger partial charge in [-0.05, 0) is 23.8 Å². The second-order valence-corrected chi connectivity index (χ2v) is 6.72. The third kappa shape index (κ3) is 4.62. The van der Waals surface area contributed by atoms with Gasteiger partial charge in [0.25, 0.3) is 5.91 Å². The first kappa shape index (κ1) is 18.4. The van der Waals surface area contributed by atoms with Crippen molar-refractivity contribution in [2.75, 3.05) is 26.2 Å². The van der Waals surface area contributed by atoms with Gasteiger partial charge < -0.3 is 10.0 Å². The highest BCUT2D eigenvalue weighted by Crippen LogP contribution is 2.15.